The first-order valence-corrected chi connectivity index (χ1v) is 9.72. The third-order valence-corrected chi connectivity index (χ3v) is 4.89. The molecular formula is C22H22N2O2S. The lowest BCUT2D eigenvalue weighted by Gasteiger charge is -2.13. The number of para-hydroxylation sites is 2. The van der Waals surface area contributed by atoms with Crippen LogP contribution < -0.4 is 4.74 Å². The molecule has 1 aliphatic rings. The van der Waals surface area contributed by atoms with E-state index in [1.54, 1.807) is 11.0 Å². The van der Waals surface area contributed by atoms with Gasteiger partial charge in [-0.3, -0.25) is 9.69 Å². The number of amides is 1. The largest absolute Gasteiger partial charge is 0.489 e. The van der Waals surface area contributed by atoms with E-state index in [9.17, 15) is 4.79 Å². The number of carbonyl (C=O) groups excluding carboxylic acids is 1. The second-order valence-electron chi connectivity index (χ2n) is 5.93. The minimum absolute atomic E-state index is 0.0185. The highest BCUT2D eigenvalue weighted by atomic mass is 32.2. The Morgan fingerprint density at radius 1 is 1.15 bits per heavy atom. The lowest BCUT2D eigenvalue weighted by Crippen LogP contribution is -2.29. The molecule has 1 heterocycles. The van der Waals surface area contributed by atoms with Crippen LogP contribution in [0.4, 0.5) is 5.69 Å². The molecule has 3 rings (SSSR count). The molecule has 4 nitrogen and oxygen atoms in total. The number of ether oxygens (including phenoxy) is 1. The summed E-state index contributed by atoms with van der Waals surface area (Å²) in [6, 6.07) is 17.4. The highest BCUT2D eigenvalue weighted by Gasteiger charge is 2.32. The number of hydrogen-bond acceptors (Lipinski definition) is 4. The van der Waals surface area contributed by atoms with E-state index in [1.165, 1.54) is 11.8 Å². The van der Waals surface area contributed by atoms with Crippen LogP contribution in [0.2, 0.25) is 0 Å². The molecule has 0 aromatic heterocycles. The van der Waals surface area contributed by atoms with Gasteiger partial charge in [0, 0.05) is 12.1 Å². The van der Waals surface area contributed by atoms with Gasteiger partial charge in [0.25, 0.3) is 5.91 Å². The average Bonchev–Trinajstić information content (AvgIpc) is 2.97. The quantitative estimate of drug-likeness (QED) is 0.487. The van der Waals surface area contributed by atoms with Crippen LogP contribution in [-0.4, -0.2) is 29.1 Å². The first kappa shape index (κ1) is 19.0. The second-order valence-corrected chi connectivity index (χ2v) is 6.94. The molecule has 0 atom stereocenters. The maximum Gasteiger partial charge on any atom is 0.266 e. The van der Waals surface area contributed by atoms with Crippen LogP contribution in [0.5, 0.6) is 5.75 Å². The predicted molar refractivity (Wildman–Crippen MR) is 113 cm³/mol. The second kappa shape index (κ2) is 9.24. The fourth-order valence-electron chi connectivity index (χ4n) is 2.65. The molecule has 138 valence electrons. The fourth-order valence-corrected chi connectivity index (χ4v) is 3.66. The molecule has 0 unspecified atom stereocenters. The molecule has 1 amide bonds. The lowest BCUT2D eigenvalue weighted by molar-refractivity contribution is -0.122. The van der Waals surface area contributed by atoms with Crippen molar-refractivity contribution in [1.29, 1.82) is 0 Å². The van der Waals surface area contributed by atoms with Crippen LogP contribution >= 0.6 is 11.8 Å². The number of thioether (sulfide) groups is 1. The smallest absolute Gasteiger partial charge is 0.266 e. The van der Waals surface area contributed by atoms with Crippen molar-refractivity contribution in [1.82, 2.24) is 4.90 Å². The van der Waals surface area contributed by atoms with Crippen molar-refractivity contribution in [3.05, 3.63) is 77.7 Å². The van der Waals surface area contributed by atoms with Crippen LogP contribution in [0.1, 0.15) is 18.9 Å². The number of nitrogens with zero attached hydrogens (tertiary/aromatic N) is 2. The summed E-state index contributed by atoms with van der Waals surface area (Å²) in [7, 11) is 0. The number of carbonyl (C=O) groups is 1. The van der Waals surface area contributed by atoms with Crippen molar-refractivity contribution < 1.29 is 9.53 Å². The number of aliphatic imine (C=N–C) groups is 1. The van der Waals surface area contributed by atoms with E-state index in [1.807, 2.05) is 60.7 Å². The summed E-state index contributed by atoms with van der Waals surface area (Å²) in [4.78, 5) is 20.0. The van der Waals surface area contributed by atoms with Crippen LogP contribution in [-0.2, 0) is 4.79 Å². The summed E-state index contributed by atoms with van der Waals surface area (Å²) < 4.78 is 5.70. The normalized spacial score (nSPS) is 16.9. The zero-order chi connectivity index (χ0) is 19.1. The first-order chi connectivity index (χ1) is 13.2. The molecule has 0 aliphatic carbocycles. The van der Waals surface area contributed by atoms with E-state index in [0.29, 0.717) is 23.2 Å². The molecule has 0 saturated carbocycles. The monoisotopic (exact) mass is 378 g/mol. The molecule has 0 radical (unpaired) electrons. The van der Waals surface area contributed by atoms with Gasteiger partial charge in [-0.15, -0.1) is 0 Å². The predicted octanol–water partition coefficient (Wildman–Crippen LogP) is 5.27. The SMILES string of the molecule is C=CCOc1ccccc1/C=C1/SC(=Nc2ccccc2)N(CCC)C1=O. The van der Waals surface area contributed by atoms with Gasteiger partial charge in [-0.05, 0) is 42.5 Å². The molecule has 2 aromatic rings. The van der Waals surface area contributed by atoms with Crippen molar-refractivity contribution in [2.45, 2.75) is 13.3 Å². The Morgan fingerprint density at radius 3 is 2.63 bits per heavy atom. The minimum atomic E-state index is -0.0185. The van der Waals surface area contributed by atoms with Crippen LogP contribution in [0.25, 0.3) is 6.08 Å². The first-order valence-electron chi connectivity index (χ1n) is 8.90. The number of rotatable bonds is 7. The Kier molecular flexibility index (Phi) is 6.49. The van der Waals surface area contributed by atoms with Gasteiger partial charge in [-0.2, -0.15) is 0 Å². The minimum Gasteiger partial charge on any atom is -0.489 e. The van der Waals surface area contributed by atoms with Gasteiger partial charge in [0.2, 0.25) is 0 Å². The molecule has 27 heavy (non-hydrogen) atoms. The van der Waals surface area contributed by atoms with Gasteiger partial charge in [0.05, 0.1) is 10.6 Å². The number of amidine groups is 1. The Hall–Kier alpha value is -2.79. The number of benzene rings is 2. The average molecular weight is 378 g/mol. The van der Waals surface area contributed by atoms with Crippen molar-refractivity contribution in [2.24, 2.45) is 4.99 Å². The van der Waals surface area contributed by atoms with Crippen molar-refractivity contribution >= 4 is 34.6 Å². The molecule has 1 saturated heterocycles. The number of hydrogen-bond donors (Lipinski definition) is 0. The van der Waals surface area contributed by atoms with Crippen LogP contribution in [0, 0.1) is 0 Å². The third-order valence-electron chi connectivity index (χ3n) is 3.88. The molecule has 1 fully saturated rings. The highest BCUT2D eigenvalue weighted by molar-refractivity contribution is 8.18. The summed E-state index contributed by atoms with van der Waals surface area (Å²) in [6.45, 7) is 6.80. The molecule has 0 N–H and O–H groups in total. The van der Waals surface area contributed by atoms with Crippen LogP contribution in [0.15, 0.2) is 77.1 Å². The van der Waals surface area contributed by atoms with Gasteiger partial charge < -0.3 is 4.74 Å². The zero-order valence-electron chi connectivity index (χ0n) is 15.3. The van der Waals surface area contributed by atoms with E-state index in [-0.39, 0.29) is 5.91 Å². The summed E-state index contributed by atoms with van der Waals surface area (Å²) >= 11 is 1.40. The molecule has 5 heteroatoms. The van der Waals surface area contributed by atoms with Gasteiger partial charge >= 0.3 is 0 Å². The van der Waals surface area contributed by atoms with E-state index < -0.39 is 0 Å². The Bertz CT molecular complexity index is 875. The van der Waals surface area contributed by atoms with Gasteiger partial charge in [-0.1, -0.05) is 56.0 Å². The van der Waals surface area contributed by atoms with Crippen molar-refractivity contribution in [3.63, 3.8) is 0 Å². The molecule has 0 bridgehead atoms. The maximum atomic E-state index is 12.9. The topological polar surface area (TPSA) is 41.9 Å². The van der Waals surface area contributed by atoms with Gasteiger partial charge in [0.1, 0.15) is 12.4 Å². The Labute approximate surface area is 164 Å². The summed E-state index contributed by atoms with van der Waals surface area (Å²) in [5.74, 6) is 0.712. The molecule has 2 aromatic carbocycles. The van der Waals surface area contributed by atoms with Crippen molar-refractivity contribution in [3.8, 4) is 5.75 Å². The van der Waals surface area contributed by atoms with E-state index in [2.05, 4.69) is 18.5 Å². The van der Waals surface area contributed by atoms with E-state index >= 15 is 0 Å². The Morgan fingerprint density at radius 2 is 1.89 bits per heavy atom. The summed E-state index contributed by atoms with van der Waals surface area (Å²) in [5.41, 5.74) is 1.71. The third kappa shape index (κ3) is 4.68. The van der Waals surface area contributed by atoms with Gasteiger partial charge in [-0.25, -0.2) is 4.99 Å². The summed E-state index contributed by atoms with van der Waals surface area (Å²) in [6.07, 6.45) is 4.45. The lowest BCUT2D eigenvalue weighted by atomic mass is 10.2. The van der Waals surface area contributed by atoms with Gasteiger partial charge in [0.15, 0.2) is 5.17 Å². The molecular weight excluding hydrogens is 356 g/mol. The summed E-state index contributed by atoms with van der Waals surface area (Å²) in [5, 5.41) is 0.712. The zero-order valence-corrected chi connectivity index (χ0v) is 16.1. The Balaban J connectivity index is 1.93. The highest BCUT2D eigenvalue weighted by Crippen LogP contribution is 2.35. The fraction of sp³-hybridized carbons (Fsp3) is 0.182. The van der Waals surface area contributed by atoms with E-state index in [4.69, 9.17) is 4.74 Å². The van der Waals surface area contributed by atoms with E-state index in [0.717, 1.165) is 23.4 Å². The standard InChI is InChI=1S/C22H22N2O2S/c1-3-14-24-21(25)20(27-22(24)23-18-11-6-5-7-12-18)16-17-10-8-9-13-19(17)26-15-4-2/h4-13,16H,2-3,14-15H2,1H3/b20-16+,23-22?. The molecule has 1 aliphatic heterocycles. The molecule has 0 spiro atoms. The van der Waals surface area contributed by atoms with Crippen molar-refractivity contribution in [2.75, 3.05) is 13.2 Å². The van der Waals surface area contributed by atoms with Crippen LogP contribution in [0.3, 0.4) is 0 Å². The maximum absolute atomic E-state index is 12.9.